The van der Waals surface area contributed by atoms with Crippen molar-refractivity contribution in [1.29, 1.82) is 0 Å². The van der Waals surface area contributed by atoms with Crippen LogP contribution < -0.4 is 5.32 Å². The number of nitrogens with zero attached hydrogens (tertiary/aromatic N) is 1. The number of amides is 1. The maximum Gasteiger partial charge on any atom is 0.478 e. The van der Waals surface area contributed by atoms with Gasteiger partial charge in [0.05, 0.1) is 13.2 Å². The molecule has 0 saturated heterocycles. The van der Waals surface area contributed by atoms with Crippen LogP contribution in [0.4, 0.5) is 4.79 Å². The van der Waals surface area contributed by atoms with Gasteiger partial charge in [0, 0.05) is 13.1 Å². The first-order chi connectivity index (χ1) is 19.0. The van der Waals surface area contributed by atoms with E-state index in [0.29, 0.717) is 6.54 Å². The largest absolute Gasteiger partial charge is 0.478 e. The summed E-state index contributed by atoms with van der Waals surface area (Å²) in [6.07, 6.45) is -0.848. The molecule has 0 atom stereocenters. The van der Waals surface area contributed by atoms with E-state index in [9.17, 15) is 14.2 Å². The van der Waals surface area contributed by atoms with E-state index in [2.05, 4.69) is 5.32 Å². The number of ether oxygens (including phenoxy) is 2. The molecule has 0 bridgehead atoms. The lowest BCUT2D eigenvalue weighted by molar-refractivity contribution is -0.146. The number of hydrogen-bond donors (Lipinski definition) is 1. The number of carbonyl (C=O) groups excluding carboxylic acids is 2. The van der Waals surface area contributed by atoms with Gasteiger partial charge in [-0.2, -0.15) is 0 Å². The Morgan fingerprint density at radius 2 is 1.21 bits per heavy atom. The lowest BCUT2D eigenvalue weighted by Gasteiger charge is -2.22. The Morgan fingerprint density at radius 1 is 0.718 bits per heavy atom. The highest BCUT2D eigenvalue weighted by Crippen LogP contribution is 2.50. The molecule has 3 aromatic carbocycles. The van der Waals surface area contributed by atoms with Gasteiger partial charge in [-0.05, 0) is 23.7 Å². The SMILES string of the molecule is CNCCN(CC(=O)OCc1ccccc1)C(=O)OCOP(=O)(OCc1ccccc1)OCc1ccccc1. The van der Waals surface area contributed by atoms with Gasteiger partial charge >= 0.3 is 19.9 Å². The Kier molecular flexibility index (Phi) is 12.7. The van der Waals surface area contributed by atoms with Crippen LogP contribution in [-0.2, 0) is 52.2 Å². The van der Waals surface area contributed by atoms with Crippen LogP contribution in [0.15, 0.2) is 91.0 Å². The van der Waals surface area contributed by atoms with Crippen molar-refractivity contribution in [2.24, 2.45) is 0 Å². The average molecular weight is 557 g/mol. The van der Waals surface area contributed by atoms with E-state index in [-0.39, 0.29) is 32.9 Å². The molecular formula is C28H33N2O8P. The van der Waals surface area contributed by atoms with Gasteiger partial charge in [-0.1, -0.05) is 91.0 Å². The van der Waals surface area contributed by atoms with Crippen molar-refractivity contribution in [1.82, 2.24) is 10.2 Å². The third-order valence-corrected chi connectivity index (χ3v) is 6.62. The molecule has 0 aromatic heterocycles. The predicted molar refractivity (Wildman–Crippen MR) is 144 cm³/mol. The molecule has 208 valence electrons. The van der Waals surface area contributed by atoms with E-state index in [1.54, 1.807) is 31.3 Å². The Balaban J connectivity index is 1.55. The topological polar surface area (TPSA) is 113 Å². The number of rotatable bonds is 16. The number of phosphoric ester groups is 1. The highest BCUT2D eigenvalue weighted by molar-refractivity contribution is 7.48. The van der Waals surface area contributed by atoms with Crippen molar-refractivity contribution in [3.8, 4) is 0 Å². The summed E-state index contributed by atoms with van der Waals surface area (Å²) in [4.78, 5) is 26.2. The molecule has 0 fully saturated rings. The van der Waals surface area contributed by atoms with Crippen LogP contribution >= 0.6 is 7.82 Å². The summed E-state index contributed by atoms with van der Waals surface area (Å²) < 4.78 is 40.1. The Hall–Kier alpha value is -3.53. The van der Waals surface area contributed by atoms with E-state index >= 15 is 0 Å². The number of phosphoric acid groups is 1. The number of carbonyl (C=O) groups is 2. The van der Waals surface area contributed by atoms with Gasteiger partial charge in [-0.25, -0.2) is 13.9 Å². The summed E-state index contributed by atoms with van der Waals surface area (Å²) in [5, 5.41) is 2.91. The first-order valence-corrected chi connectivity index (χ1v) is 13.8. The van der Waals surface area contributed by atoms with Crippen LogP contribution in [0.2, 0.25) is 0 Å². The van der Waals surface area contributed by atoms with Gasteiger partial charge in [0.15, 0.2) is 0 Å². The van der Waals surface area contributed by atoms with Gasteiger partial charge in [0.2, 0.25) is 6.79 Å². The quantitative estimate of drug-likeness (QED) is 0.149. The number of likely N-dealkylation sites (N-methyl/N-ethyl adjacent to an activating group) is 1. The maximum absolute atomic E-state index is 13.3. The van der Waals surface area contributed by atoms with Crippen LogP contribution in [0.1, 0.15) is 16.7 Å². The molecule has 0 aliphatic rings. The van der Waals surface area contributed by atoms with Gasteiger partial charge in [-0.15, -0.1) is 0 Å². The van der Waals surface area contributed by atoms with Crippen molar-refractivity contribution in [2.75, 3.05) is 33.5 Å². The highest BCUT2D eigenvalue weighted by atomic mass is 31.2. The van der Waals surface area contributed by atoms with Gasteiger partial charge in [0.1, 0.15) is 13.2 Å². The fourth-order valence-electron chi connectivity index (χ4n) is 3.22. The van der Waals surface area contributed by atoms with Crippen molar-refractivity contribution >= 4 is 19.9 Å². The molecule has 3 aromatic rings. The number of nitrogens with one attached hydrogen (secondary N) is 1. The van der Waals surface area contributed by atoms with Crippen molar-refractivity contribution in [2.45, 2.75) is 19.8 Å². The monoisotopic (exact) mass is 556 g/mol. The Morgan fingerprint density at radius 3 is 1.69 bits per heavy atom. The summed E-state index contributed by atoms with van der Waals surface area (Å²) in [7, 11) is -2.42. The standard InChI is InChI=1S/C28H33N2O8P/c1-29-17-18-30(19-27(31)34-20-24-11-5-2-6-12-24)28(32)35-23-38-39(33,36-21-25-13-7-3-8-14-25)37-22-26-15-9-4-10-16-26/h2-16,29H,17-23H2,1H3. The van der Waals surface area contributed by atoms with Gasteiger partial charge < -0.3 is 14.8 Å². The van der Waals surface area contributed by atoms with Crippen molar-refractivity contribution in [3.63, 3.8) is 0 Å². The van der Waals surface area contributed by atoms with Gasteiger partial charge in [-0.3, -0.25) is 18.7 Å². The third kappa shape index (κ3) is 11.4. The molecule has 1 amide bonds. The summed E-state index contributed by atoms with van der Waals surface area (Å²) >= 11 is 0. The van der Waals surface area contributed by atoms with Crippen LogP contribution in [0, 0.1) is 0 Å². The van der Waals surface area contributed by atoms with Crippen LogP contribution in [0.5, 0.6) is 0 Å². The molecule has 0 unspecified atom stereocenters. The maximum atomic E-state index is 13.3. The van der Waals surface area contributed by atoms with E-state index < -0.39 is 26.7 Å². The molecule has 0 radical (unpaired) electrons. The smallest absolute Gasteiger partial charge is 0.459 e. The molecule has 0 aliphatic heterocycles. The number of hydrogen-bond acceptors (Lipinski definition) is 9. The summed E-state index contributed by atoms with van der Waals surface area (Å²) in [5.74, 6) is -0.601. The lowest BCUT2D eigenvalue weighted by atomic mass is 10.2. The Labute approximate surface area is 228 Å². The van der Waals surface area contributed by atoms with Gasteiger partial charge in [0.25, 0.3) is 0 Å². The normalized spacial score (nSPS) is 11.1. The molecule has 3 rings (SSSR count). The summed E-state index contributed by atoms with van der Waals surface area (Å²) in [6.45, 7) is -0.471. The fraction of sp³-hybridized carbons (Fsp3) is 0.286. The minimum absolute atomic E-state index is 0.0393. The van der Waals surface area contributed by atoms with E-state index in [0.717, 1.165) is 21.6 Å². The van der Waals surface area contributed by atoms with E-state index in [1.165, 1.54) is 0 Å². The molecule has 10 nitrogen and oxygen atoms in total. The van der Waals surface area contributed by atoms with Crippen LogP contribution in [-0.4, -0.2) is 50.4 Å². The van der Waals surface area contributed by atoms with Crippen molar-refractivity contribution in [3.05, 3.63) is 108 Å². The second-order valence-electron chi connectivity index (χ2n) is 8.29. The zero-order valence-electron chi connectivity index (χ0n) is 21.8. The first-order valence-electron chi connectivity index (χ1n) is 12.3. The number of benzene rings is 3. The molecule has 0 saturated carbocycles. The molecule has 0 aliphatic carbocycles. The molecule has 1 N–H and O–H groups in total. The Bertz CT molecular complexity index is 1130. The second-order valence-corrected chi connectivity index (χ2v) is 9.96. The van der Waals surface area contributed by atoms with Crippen LogP contribution in [0.3, 0.4) is 0 Å². The van der Waals surface area contributed by atoms with Crippen molar-refractivity contribution < 1.29 is 37.2 Å². The summed E-state index contributed by atoms with van der Waals surface area (Å²) in [6, 6.07) is 27.4. The lowest BCUT2D eigenvalue weighted by Crippen LogP contribution is -2.40. The summed E-state index contributed by atoms with van der Waals surface area (Å²) in [5.41, 5.74) is 2.34. The zero-order chi connectivity index (χ0) is 27.8. The molecule has 0 spiro atoms. The third-order valence-electron chi connectivity index (χ3n) is 5.31. The average Bonchev–Trinajstić information content (AvgIpc) is 2.98. The molecule has 0 heterocycles. The molecule has 11 heteroatoms. The minimum Gasteiger partial charge on any atom is -0.459 e. The fourth-order valence-corrected chi connectivity index (χ4v) is 4.24. The van der Waals surface area contributed by atoms with E-state index in [1.807, 2.05) is 66.7 Å². The number of esters is 1. The highest BCUT2D eigenvalue weighted by Gasteiger charge is 2.29. The molecule has 39 heavy (non-hydrogen) atoms. The second kappa shape index (κ2) is 16.4. The van der Waals surface area contributed by atoms with E-state index in [4.69, 9.17) is 23.0 Å². The van der Waals surface area contributed by atoms with Crippen LogP contribution in [0.25, 0.3) is 0 Å². The zero-order valence-corrected chi connectivity index (χ0v) is 22.7. The minimum atomic E-state index is -4.13. The predicted octanol–water partition coefficient (Wildman–Crippen LogP) is 4.90. The first kappa shape index (κ1) is 30.0. The molecular weight excluding hydrogens is 523 g/mol.